The highest BCUT2D eigenvalue weighted by Crippen LogP contribution is 2.84. The molecule has 0 bridgehead atoms. The van der Waals surface area contributed by atoms with Crippen molar-refractivity contribution in [2.45, 2.75) is 65.8 Å². The molecule has 0 aromatic carbocycles. The number of hydrogen-bond donors (Lipinski definition) is 1. The van der Waals surface area contributed by atoms with Gasteiger partial charge < -0.3 is 5.32 Å². The molecule has 0 aromatic rings. The molecule has 17 heavy (non-hydrogen) atoms. The average molecular weight is 235 g/mol. The summed E-state index contributed by atoms with van der Waals surface area (Å²) >= 11 is 0. The van der Waals surface area contributed by atoms with Crippen LogP contribution in [0.4, 0.5) is 0 Å². The average Bonchev–Trinajstić information content (AvgIpc) is 2.95. The molecule has 3 fully saturated rings. The van der Waals surface area contributed by atoms with E-state index in [1.54, 1.807) is 0 Å². The van der Waals surface area contributed by atoms with Crippen molar-refractivity contribution in [2.24, 2.45) is 22.2 Å². The smallest absolute Gasteiger partial charge is 0.221 e. The van der Waals surface area contributed by atoms with Gasteiger partial charge in [0.15, 0.2) is 0 Å². The summed E-state index contributed by atoms with van der Waals surface area (Å²) in [6.07, 6.45) is 4.68. The molecule has 2 saturated carbocycles. The molecule has 1 heterocycles. The Morgan fingerprint density at radius 1 is 1.29 bits per heavy atom. The Balaban J connectivity index is 2.03. The van der Waals surface area contributed by atoms with Crippen molar-refractivity contribution in [3.8, 4) is 0 Å². The van der Waals surface area contributed by atoms with E-state index in [-0.39, 0.29) is 27.7 Å². The van der Waals surface area contributed by atoms with E-state index in [9.17, 15) is 4.79 Å². The lowest BCUT2D eigenvalue weighted by Gasteiger charge is -2.32. The fraction of sp³-hybridized carbons (Fsp3) is 0.933. The fourth-order valence-corrected chi connectivity index (χ4v) is 5.30. The zero-order valence-corrected chi connectivity index (χ0v) is 11.8. The molecule has 2 heteroatoms. The molecular formula is C15H25NO. The molecule has 1 N–H and O–H groups in total. The van der Waals surface area contributed by atoms with Crippen LogP contribution in [0.5, 0.6) is 0 Å². The van der Waals surface area contributed by atoms with Crippen LogP contribution in [-0.2, 0) is 4.79 Å². The minimum atomic E-state index is 0.0938. The van der Waals surface area contributed by atoms with Crippen molar-refractivity contribution in [1.82, 2.24) is 5.32 Å². The maximum absolute atomic E-state index is 11.9. The molecular weight excluding hydrogens is 210 g/mol. The SMILES string of the molecule is CC(C)(C)C12CC(=O)NC1(CC1CC1)C2(C)C. The first kappa shape index (κ1) is 11.6. The molecule has 1 saturated heterocycles. The molecule has 0 radical (unpaired) electrons. The Hall–Kier alpha value is -0.530. The normalized spacial score (nSPS) is 43.2. The van der Waals surface area contributed by atoms with Crippen molar-refractivity contribution < 1.29 is 4.79 Å². The predicted octanol–water partition coefficient (Wildman–Crippen LogP) is 3.12. The van der Waals surface area contributed by atoms with E-state index >= 15 is 0 Å². The molecule has 1 aliphatic heterocycles. The van der Waals surface area contributed by atoms with Gasteiger partial charge in [0, 0.05) is 11.8 Å². The van der Waals surface area contributed by atoms with E-state index in [1.807, 2.05) is 0 Å². The van der Waals surface area contributed by atoms with Crippen molar-refractivity contribution in [3.05, 3.63) is 0 Å². The molecule has 2 aliphatic carbocycles. The summed E-state index contributed by atoms with van der Waals surface area (Å²) in [7, 11) is 0. The van der Waals surface area contributed by atoms with Crippen LogP contribution in [0.3, 0.4) is 0 Å². The molecule has 2 nitrogen and oxygen atoms in total. The van der Waals surface area contributed by atoms with E-state index in [0.29, 0.717) is 0 Å². The highest BCUT2D eigenvalue weighted by atomic mass is 16.2. The van der Waals surface area contributed by atoms with Gasteiger partial charge in [-0.25, -0.2) is 0 Å². The number of carbonyl (C=O) groups is 1. The van der Waals surface area contributed by atoms with Gasteiger partial charge in [-0.15, -0.1) is 0 Å². The number of rotatable bonds is 2. The summed E-state index contributed by atoms with van der Waals surface area (Å²) in [5.41, 5.74) is 0.725. The van der Waals surface area contributed by atoms with Crippen LogP contribution >= 0.6 is 0 Å². The lowest BCUT2D eigenvalue weighted by Crippen LogP contribution is -2.38. The summed E-state index contributed by atoms with van der Waals surface area (Å²) in [4.78, 5) is 11.9. The summed E-state index contributed by atoms with van der Waals surface area (Å²) < 4.78 is 0. The van der Waals surface area contributed by atoms with Crippen LogP contribution in [0, 0.1) is 22.2 Å². The maximum Gasteiger partial charge on any atom is 0.221 e. The van der Waals surface area contributed by atoms with E-state index in [4.69, 9.17) is 0 Å². The molecule has 3 rings (SSSR count). The number of carbonyl (C=O) groups excluding carboxylic acids is 1. The minimum absolute atomic E-state index is 0.0938. The first-order valence-electron chi connectivity index (χ1n) is 6.99. The van der Waals surface area contributed by atoms with Gasteiger partial charge in [-0.3, -0.25) is 4.79 Å². The maximum atomic E-state index is 11.9. The largest absolute Gasteiger partial charge is 0.349 e. The van der Waals surface area contributed by atoms with Gasteiger partial charge in [0.05, 0.1) is 5.54 Å². The third kappa shape index (κ3) is 1.06. The van der Waals surface area contributed by atoms with Gasteiger partial charge >= 0.3 is 0 Å². The summed E-state index contributed by atoms with van der Waals surface area (Å²) in [5, 5.41) is 3.37. The fourth-order valence-electron chi connectivity index (χ4n) is 5.30. The molecule has 2 unspecified atom stereocenters. The number of fused-ring (bicyclic) bond motifs is 1. The molecule has 96 valence electrons. The monoisotopic (exact) mass is 235 g/mol. The zero-order valence-electron chi connectivity index (χ0n) is 11.8. The van der Waals surface area contributed by atoms with Gasteiger partial charge in [0.2, 0.25) is 5.91 Å². The van der Waals surface area contributed by atoms with Crippen LogP contribution in [0.25, 0.3) is 0 Å². The molecule has 0 aromatic heterocycles. The number of piperidine rings is 1. The third-order valence-electron chi connectivity index (χ3n) is 6.15. The zero-order chi connectivity index (χ0) is 12.7. The van der Waals surface area contributed by atoms with Crippen molar-refractivity contribution in [1.29, 1.82) is 0 Å². The molecule has 1 amide bonds. The van der Waals surface area contributed by atoms with Crippen LogP contribution in [0.2, 0.25) is 0 Å². The number of amides is 1. The van der Waals surface area contributed by atoms with Gasteiger partial charge in [0.1, 0.15) is 0 Å². The van der Waals surface area contributed by atoms with E-state index in [2.05, 4.69) is 39.9 Å². The standard InChI is InChI=1S/C15H25NO/c1-12(2,3)14-9-11(17)16-15(14,13(14,4)5)8-10-6-7-10/h10H,6-9H2,1-5H3,(H,16,17). The minimum Gasteiger partial charge on any atom is -0.349 e. The van der Waals surface area contributed by atoms with E-state index in [1.165, 1.54) is 19.3 Å². The van der Waals surface area contributed by atoms with Gasteiger partial charge in [-0.05, 0) is 23.2 Å². The Kier molecular flexibility index (Phi) is 1.85. The van der Waals surface area contributed by atoms with E-state index in [0.717, 1.165) is 12.3 Å². The van der Waals surface area contributed by atoms with Crippen LogP contribution in [0.1, 0.15) is 60.3 Å². The third-order valence-corrected chi connectivity index (χ3v) is 6.15. The first-order chi connectivity index (χ1) is 7.68. The summed E-state index contributed by atoms with van der Waals surface area (Å²) in [5.74, 6) is 1.15. The summed E-state index contributed by atoms with van der Waals surface area (Å²) in [6, 6.07) is 0. The predicted molar refractivity (Wildman–Crippen MR) is 68.5 cm³/mol. The van der Waals surface area contributed by atoms with Gasteiger partial charge in [-0.2, -0.15) is 0 Å². The van der Waals surface area contributed by atoms with Crippen LogP contribution < -0.4 is 5.32 Å². The van der Waals surface area contributed by atoms with Gasteiger partial charge in [-0.1, -0.05) is 47.5 Å². The Labute approximate surface area is 105 Å². The quantitative estimate of drug-likeness (QED) is 0.783. The lowest BCUT2D eigenvalue weighted by atomic mass is 9.70. The Bertz CT molecular complexity index is 388. The van der Waals surface area contributed by atoms with Gasteiger partial charge in [0.25, 0.3) is 0 Å². The highest BCUT2D eigenvalue weighted by molar-refractivity contribution is 5.85. The number of nitrogens with one attached hydrogen (secondary N) is 1. The lowest BCUT2D eigenvalue weighted by molar-refractivity contribution is -0.122. The highest BCUT2D eigenvalue weighted by Gasteiger charge is 2.88. The van der Waals surface area contributed by atoms with Crippen molar-refractivity contribution in [3.63, 3.8) is 0 Å². The van der Waals surface area contributed by atoms with Crippen LogP contribution in [0.15, 0.2) is 0 Å². The first-order valence-corrected chi connectivity index (χ1v) is 6.99. The Morgan fingerprint density at radius 2 is 1.88 bits per heavy atom. The molecule has 2 atom stereocenters. The van der Waals surface area contributed by atoms with Crippen molar-refractivity contribution in [2.75, 3.05) is 0 Å². The topological polar surface area (TPSA) is 29.1 Å². The Morgan fingerprint density at radius 3 is 2.35 bits per heavy atom. The summed E-state index contributed by atoms with van der Waals surface area (Å²) in [6.45, 7) is 11.6. The molecule has 0 spiro atoms. The van der Waals surface area contributed by atoms with Crippen molar-refractivity contribution >= 4 is 5.91 Å². The second kappa shape index (κ2) is 2.73. The molecule has 3 aliphatic rings. The number of hydrogen-bond acceptors (Lipinski definition) is 1. The van der Waals surface area contributed by atoms with Crippen LogP contribution in [-0.4, -0.2) is 11.4 Å². The second-order valence-corrected chi connectivity index (χ2v) is 8.06. The second-order valence-electron chi connectivity index (χ2n) is 8.06. The van der Waals surface area contributed by atoms with E-state index < -0.39 is 0 Å².